The number of benzene rings is 1. The molecule has 0 radical (unpaired) electrons. The Morgan fingerprint density at radius 3 is 3.03 bits per heavy atom. The number of piperidine rings is 1. The Labute approximate surface area is 172 Å². The van der Waals surface area contributed by atoms with E-state index >= 15 is 0 Å². The standard InChI is InChI=1S/C20H21FN4O3S/c1-28-11-19(26)25-6-2-3-15(10-25)20(27)23-9-18-24-17(12-29-18)13-4-5-14(8-22)16(21)7-13/h4-5,7,12,15H,2-3,6,9-11H2,1H3,(H,23,27). The lowest BCUT2D eigenvalue weighted by atomic mass is 9.97. The van der Waals surface area contributed by atoms with Gasteiger partial charge in [0.2, 0.25) is 11.8 Å². The summed E-state index contributed by atoms with van der Waals surface area (Å²) in [5.74, 6) is -1.06. The first-order valence-electron chi connectivity index (χ1n) is 9.20. The molecular weight excluding hydrogens is 395 g/mol. The molecule has 1 N–H and O–H groups in total. The third-order valence-corrected chi connectivity index (χ3v) is 5.61. The Morgan fingerprint density at radius 1 is 1.48 bits per heavy atom. The smallest absolute Gasteiger partial charge is 0.248 e. The van der Waals surface area contributed by atoms with E-state index in [1.807, 2.05) is 0 Å². The molecule has 2 amide bonds. The van der Waals surface area contributed by atoms with Gasteiger partial charge >= 0.3 is 0 Å². The number of rotatable bonds is 6. The number of aromatic nitrogens is 1. The zero-order valence-corrected chi connectivity index (χ0v) is 16.8. The number of nitrogens with one attached hydrogen (secondary N) is 1. The summed E-state index contributed by atoms with van der Waals surface area (Å²) < 4.78 is 18.7. The molecule has 1 aromatic heterocycles. The average molecular weight is 416 g/mol. The molecule has 2 heterocycles. The normalized spacial score (nSPS) is 16.3. The lowest BCUT2D eigenvalue weighted by Crippen LogP contribution is -2.46. The Morgan fingerprint density at radius 2 is 2.31 bits per heavy atom. The summed E-state index contributed by atoms with van der Waals surface area (Å²) in [5.41, 5.74) is 1.16. The van der Waals surface area contributed by atoms with Gasteiger partial charge in [-0.15, -0.1) is 11.3 Å². The Balaban J connectivity index is 1.56. The predicted octanol–water partition coefficient (Wildman–Crippen LogP) is 2.32. The van der Waals surface area contributed by atoms with Crippen LogP contribution >= 0.6 is 11.3 Å². The lowest BCUT2D eigenvalue weighted by molar-refractivity contribution is -0.139. The Bertz CT molecular complexity index is 940. The van der Waals surface area contributed by atoms with Crippen molar-refractivity contribution >= 4 is 23.2 Å². The molecule has 0 spiro atoms. The number of carbonyl (C=O) groups excluding carboxylic acids is 2. The second-order valence-corrected chi connectivity index (χ2v) is 7.71. The zero-order valence-electron chi connectivity index (χ0n) is 16.0. The van der Waals surface area contributed by atoms with Gasteiger partial charge in [-0.1, -0.05) is 6.07 Å². The van der Waals surface area contributed by atoms with Crippen LogP contribution in [0.5, 0.6) is 0 Å². The average Bonchev–Trinajstić information content (AvgIpc) is 3.21. The van der Waals surface area contributed by atoms with Gasteiger partial charge in [0.1, 0.15) is 23.5 Å². The lowest BCUT2D eigenvalue weighted by Gasteiger charge is -2.31. The maximum absolute atomic E-state index is 13.8. The number of amides is 2. The van der Waals surface area contributed by atoms with Crippen LogP contribution in [0.15, 0.2) is 23.6 Å². The van der Waals surface area contributed by atoms with Gasteiger partial charge in [0.15, 0.2) is 0 Å². The quantitative estimate of drug-likeness (QED) is 0.780. The van der Waals surface area contributed by atoms with Crippen molar-refractivity contribution in [2.24, 2.45) is 5.92 Å². The Hall–Kier alpha value is -2.83. The van der Waals surface area contributed by atoms with E-state index in [2.05, 4.69) is 10.3 Å². The minimum atomic E-state index is -0.585. The Kier molecular flexibility index (Phi) is 6.90. The van der Waals surface area contributed by atoms with Crippen LogP contribution in [0.4, 0.5) is 4.39 Å². The number of thiazole rings is 1. The van der Waals surface area contributed by atoms with Crippen molar-refractivity contribution in [3.8, 4) is 17.3 Å². The third-order valence-electron chi connectivity index (χ3n) is 4.76. The van der Waals surface area contributed by atoms with E-state index in [1.165, 1.54) is 30.6 Å². The van der Waals surface area contributed by atoms with E-state index in [0.717, 1.165) is 12.8 Å². The minimum Gasteiger partial charge on any atom is -0.375 e. The van der Waals surface area contributed by atoms with Gasteiger partial charge in [-0.2, -0.15) is 5.26 Å². The molecule has 29 heavy (non-hydrogen) atoms. The molecule has 1 aromatic carbocycles. The van der Waals surface area contributed by atoms with E-state index < -0.39 is 5.82 Å². The highest BCUT2D eigenvalue weighted by molar-refractivity contribution is 7.09. The van der Waals surface area contributed by atoms with Crippen LogP contribution in [-0.2, 0) is 20.9 Å². The van der Waals surface area contributed by atoms with Gasteiger partial charge in [0.25, 0.3) is 0 Å². The summed E-state index contributed by atoms with van der Waals surface area (Å²) in [5, 5.41) is 14.2. The van der Waals surface area contributed by atoms with Crippen molar-refractivity contribution in [1.82, 2.24) is 15.2 Å². The summed E-state index contributed by atoms with van der Waals surface area (Å²) >= 11 is 1.37. The van der Waals surface area contributed by atoms with E-state index in [0.29, 0.717) is 29.4 Å². The summed E-state index contributed by atoms with van der Waals surface area (Å²) in [4.78, 5) is 30.6. The topological polar surface area (TPSA) is 95.3 Å². The second-order valence-electron chi connectivity index (χ2n) is 6.76. The predicted molar refractivity (Wildman–Crippen MR) is 105 cm³/mol. The highest BCUT2D eigenvalue weighted by Crippen LogP contribution is 2.24. The van der Waals surface area contributed by atoms with Gasteiger partial charge < -0.3 is 15.0 Å². The number of ether oxygens (including phenoxy) is 1. The number of hydrogen-bond donors (Lipinski definition) is 1. The molecule has 3 rings (SSSR count). The SMILES string of the molecule is COCC(=O)N1CCCC(C(=O)NCc2nc(-c3ccc(C#N)c(F)c3)cs2)C1. The molecule has 0 aliphatic carbocycles. The van der Waals surface area contributed by atoms with Gasteiger partial charge in [-0.3, -0.25) is 9.59 Å². The first kappa shape index (κ1) is 20.9. The molecule has 1 saturated heterocycles. The molecule has 1 aliphatic rings. The fourth-order valence-electron chi connectivity index (χ4n) is 3.23. The largest absolute Gasteiger partial charge is 0.375 e. The van der Waals surface area contributed by atoms with Crippen LogP contribution in [0.25, 0.3) is 11.3 Å². The van der Waals surface area contributed by atoms with Gasteiger partial charge in [-0.25, -0.2) is 9.37 Å². The number of nitriles is 1. The van der Waals surface area contributed by atoms with Crippen LogP contribution < -0.4 is 5.32 Å². The van der Waals surface area contributed by atoms with Crippen LogP contribution in [-0.4, -0.2) is 48.5 Å². The molecular formula is C20H21FN4O3S. The van der Waals surface area contributed by atoms with Crippen molar-refractivity contribution in [2.45, 2.75) is 19.4 Å². The molecule has 2 aromatic rings. The number of likely N-dealkylation sites (tertiary alicyclic amines) is 1. The van der Waals surface area contributed by atoms with Crippen LogP contribution in [0.3, 0.4) is 0 Å². The fourth-order valence-corrected chi connectivity index (χ4v) is 3.97. The molecule has 1 fully saturated rings. The molecule has 152 valence electrons. The minimum absolute atomic E-state index is 0.0121. The van der Waals surface area contributed by atoms with Gasteiger partial charge in [-0.05, 0) is 25.0 Å². The number of methoxy groups -OCH3 is 1. The van der Waals surface area contributed by atoms with Crippen molar-refractivity contribution < 1.29 is 18.7 Å². The van der Waals surface area contributed by atoms with Gasteiger partial charge in [0, 0.05) is 31.1 Å². The van der Waals surface area contributed by atoms with E-state index in [-0.39, 0.29) is 36.4 Å². The summed E-state index contributed by atoms with van der Waals surface area (Å²) in [6.07, 6.45) is 1.51. The van der Waals surface area contributed by atoms with Crippen LogP contribution in [0.2, 0.25) is 0 Å². The number of hydrogen-bond acceptors (Lipinski definition) is 6. The molecule has 1 unspecified atom stereocenters. The van der Waals surface area contributed by atoms with Crippen molar-refractivity contribution in [3.05, 3.63) is 40.0 Å². The molecule has 7 nitrogen and oxygen atoms in total. The van der Waals surface area contributed by atoms with Crippen LogP contribution in [0.1, 0.15) is 23.4 Å². The zero-order chi connectivity index (χ0) is 20.8. The maximum atomic E-state index is 13.8. The maximum Gasteiger partial charge on any atom is 0.248 e. The molecule has 0 saturated carbocycles. The first-order valence-corrected chi connectivity index (χ1v) is 10.1. The van der Waals surface area contributed by atoms with Crippen molar-refractivity contribution in [1.29, 1.82) is 5.26 Å². The second kappa shape index (κ2) is 9.58. The number of halogens is 1. The molecule has 0 bridgehead atoms. The number of carbonyl (C=O) groups is 2. The highest BCUT2D eigenvalue weighted by atomic mass is 32.1. The highest BCUT2D eigenvalue weighted by Gasteiger charge is 2.28. The third kappa shape index (κ3) is 5.16. The number of nitrogens with zero attached hydrogens (tertiary/aromatic N) is 3. The first-order chi connectivity index (χ1) is 14.0. The van der Waals surface area contributed by atoms with E-state index in [9.17, 15) is 14.0 Å². The van der Waals surface area contributed by atoms with Gasteiger partial charge in [0.05, 0.1) is 23.7 Å². The summed E-state index contributed by atoms with van der Waals surface area (Å²) in [7, 11) is 1.47. The van der Waals surface area contributed by atoms with Crippen LogP contribution in [0, 0.1) is 23.1 Å². The molecule has 9 heteroatoms. The van der Waals surface area contributed by atoms with Crippen molar-refractivity contribution in [3.63, 3.8) is 0 Å². The summed E-state index contributed by atoms with van der Waals surface area (Å²) in [6.45, 7) is 1.32. The molecule has 1 aliphatic heterocycles. The fraction of sp³-hybridized carbons (Fsp3) is 0.400. The van der Waals surface area contributed by atoms with E-state index in [4.69, 9.17) is 10.00 Å². The van der Waals surface area contributed by atoms with Crippen molar-refractivity contribution in [2.75, 3.05) is 26.8 Å². The summed E-state index contributed by atoms with van der Waals surface area (Å²) in [6, 6.07) is 6.14. The monoisotopic (exact) mass is 416 g/mol. The molecule has 1 atom stereocenters. The van der Waals surface area contributed by atoms with E-state index in [1.54, 1.807) is 22.4 Å².